The van der Waals surface area contributed by atoms with Crippen LogP contribution in [0.5, 0.6) is 5.75 Å². The molecule has 1 saturated carbocycles. The Morgan fingerprint density at radius 3 is 2.70 bits per heavy atom. The van der Waals surface area contributed by atoms with Gasteiger partial charge >= 0.3 is 0 Å². The Bertz CT molecular complexity index is 433. The van der Waals surface area contributed by atoms with Crippen molar-refractivity contribution in [1.82, 2.24) is 10.6 Å². The monoisotopic (exact) mass is 275 g/mol. The minimum absolute atomic E-state index is 0.0597. The van der Waals surface area contributed by atoms with Crippen molar-refractivity contribution in [3.63, 3.8) is 0 Å². The number of hydrogen-bond donors (Lipinski definition) is 2. The number of nitrogens with one attached hydrogen (secondary N) is 2. The van der Waals surface area contributed by atoms with E-state index in [4.69, 9.17) is 4.74 Å². The van der Waals surface area contributed by atoms with Gasteiger partial charge in [-0.05, 0) is 38.3 Å². The molecule has 0 saturated heterocycles. The van der Waals surface area contributed by atoms with Gasteiger partial charge < -0.3 is 15.4 Å². The van der Waals surface area contributed by atoms with E-state index in [1.807, 2.05) is 37.3 Å². The van der Waals surface area contributed by atoms with E-state index >= 15 is 0 Å². The predicted molar refractivity (Wildman–Crippen MR) is 83.2 cm³/mol. The van der Waals surface area contributed by atoms with Crippen molar-refractivity contribution < 1.29 is 4.74 Å². The van der Waals surface area contributed by atoms with Crippen LogP contribution in [0.1, 0.15) is 27.2 Å². The van der Waals surface area contributed by atoms with Gasteiger partial charge in [0.1, 0.15) is 11.9 Å². The third kappa shape index (κ3) is 4.76. The summed E-state index contributed by atoms with van der Waals surface area (Å²) in [5.74, 6) is 2.55. The zero-order valence-electron chi connectivity index (χ0n) is 12.6. The van der Waals surface area contributed by atoms with E-state index in [1.165, 1.54) is 6.42 Å². The molecule has 3 unspecified atom stereocenters. The summed E-state index contributed by atoms with van der Waals surface area (Å²) < 4.78 is 5.82. The van der Waals surface area contributed by atoms with Crippen LogP contribution in [0.3, 0.4) is 0 Å². The van der Waals surface area contributed by atoms with Gasteiger partial charge in [0.25, 0.3) is 0 Å². The Hall–Kier alpha value is -1.71. The van der Waals surface area contributed by atoms with Gasteiger partial charge in [0.2, 0.25) is 0 Å². The van der Waals surface area contributed by atoms with Crippen LogP contribution in [0.25, 0.3) is 0 Å². The van der Waals surface area contributed by atoms with Crippen molar-refractivity contribution in [2.24, 2.45) is 10.9 Å². The largest absolute Gasteiger partial charge is 0.489 e. The molecule has 0 aromatic heterocycles. The summed E-state index contributed by atoms with van der Waals surface area (Å²) in [6.07, 6.45) is 1.30. The van der Waals surface area contributed by atoms with Gasteiger partial charge in [-0.2, -0.15) is 0 Å². The Labute approximate surface area is 121 Å². The summed E-state index contributed by atoms with van der Waals surface area (Å²) in [6, 6.07) is 10.5. The van der Waals surface area contributed by atoms with Gasteiger partial charge in [-0.1, -0.05) is 25.1 Å². The minimum atomic E-state index is 0.0597. The highest BCUT2D eigenvalue weighted by Crippen LogP contribution is 2.28. The molecule has 0 amide bonds. The fourth-order valence-electron chi connectivity index (χ4n) is 2.01. The Morgan fingerprint density at radius 1 is 1.40 bits per heavy atom. The number of guanidine groups is 1. The van der Waals surface area contributed by atoms with E-state index in [0.29, 0.717) is 12.6 Å². The Kier molecular flexibility index (Phi) is 5.27. The lowest BCUT2D eigenvalue weighted by atomic mass is 10.3. The molecule has 2 rings (SSSR count). The van der Waals surface area contributed by atoms with Crippen LogP contribution in [0.15, 0.2) is 35.3 Å². The highest BCUT2D eigenvalue weighted by atomic mass is 16.5. The second-order valence-corrected chi connectivity index (χ2v) is 5.42. The van der Waals surface area contributed by atoms with E-state index < -0.39 is 0 Å². The molecule has 4 heteroatoms. The van der Waals surface area contributed by atoms with E-state index in [9.17, 15) is 0 Å². The number of nitrogens with zero attached hydrogens (tertiary/aromatic N) is 1. The maximum atomic E-state index is 5.82. The summed E-state index contributed by atoms with van der Waals surface area (Å²) in [7, 11) is 0. The molecule has 1 fully saturated rings. The average molecular weight is 275 g/mol. The zero-order chi connectivity index (χ0) is 14.4. The van der Waals surface area contributed by atoms with Gasteiger partial charge in [0, 0.05) is 12.6 Å². The normalized spacial score (nSPS) is 23.1. The van der Waals surface area contributed by atoms with Gasteiger partial charge in [-0.15, -0.1) is 0 Å². The standard InChI is InChI=1S/C16H25N3O/c1-4-17-16(19-15-10-12(15)2)18-11-13(3)20-14-8-6-5-7-9-14/h5-9,12-13,15H,4,10-11H2,1-3H3,(H2,17,18,19). The number of hydrogen-bond acceptors (Lipinski definition) is 2. The van der Waals surface area contributed by atoms with Crippen molar-refractivity contribution in [3.8, 4) is 5.75 Å². The SMILES string of the molecule is CCNC(=NCC(C)Oc1ccccc1)NC1CC1C. The fourth-order valence-corrected chi connectivity index (χ4v) is 2.01. The zero-order valence-corrected chi connectivity index (χ0v) is 12.6. The predicted octanol–water partition coefficient (Wildman–Crippen LogP) is 2.42. The van der Waals surface area contributed by atoms with Crippen LogP contribution >= 0.6 is 0 Å². The smallest absolute Gasteiger partial charge is 0.191 e. The summed E-state index contributed by atoms with van der Waals surface area (Å²) in [4.78, 5) is 4.59. The first kappa shape index (κ1) is 14.7. The summed E-state index contributed by atoms with van der Waals surface area (Å²) in [5.41, 5.74) is 0. The molecule has 0 radical (unpaired) electrons. The molecule has 2 N–H and O–H groups in total. The Balaban J connectivity index is 1.81. The molecule has 0 aliphatic heterocycles. The van der Waals surface area contributed by atoms with Crippen LogP contribution in [0.2, 0.25) is 0 Å². The van der Waals surface area contributed by atoms with E-state index in [-0.39, 0.29) is 6.10 Å². The summed E-state index contributed by atoms with van der Waals surface area (Å²) in [6.45, 7) is 7.89. The molecule has 1 aromatic rings. The molecular weight excluding hydrogens is 250 g/mol. The molecule has 1 aromatic carbocycles. The average Bonchev–Trinajstić information content (AvgIpc) is 3.13. The topological polar surface area (TPSA) is 45.7 Å². The van der Waals surface area contributed by atoms with E-state index in [2.05, 4.69) is 29.5 Å². The lowest BCUT2D eigenvalue weighted by Crippen LogP contribution is -2.39. The van der Waals surface area contributed by atoms with Crippen molar-refractivity contribution in [3.05, 3.63) is 30.3 Å². The summed E-state index contributed by atoms with van der Waals surface area (Å²) in [5, 5.41) is 6.72. The third-order valence-electron chi connectivity index (χ3n) is 3.36. The van der Waals surface area contributed by atoms with Gasteiger partial charge in [0.15, 0.2) is 5.96 Å². The molecular formula is C16H25N3O. The van der Waals surface area contributed by atoms with Crippen molar-refractivity contribution in [2.75, 3.05) is 13.1 Å². The molecule has 3 atom stereocenters. The van der Waals surface area contributed by atoms with E-state index in [0.717, 1.165) is 24.2 Å². The van der Waals surface area contributed by atoms with Crippen LogP contribution < -0.4 is 15.4 Å². The molecule has 0 spiro atoms. The van der Waals surface area contributed by atoms with Crippen LogP contribution in [0.4, 0.5) is 0 Å². The number of aliphatic imine (C=N–C) groups is 1. The van der Waals surface area contributed by atoms with Gasteiger partial charge in [-0.25, -0.2) is 4.99 Å². The Morgan fingerprint density at radius 2 is 2.10 bits per heavy atom. The van der Waals surface area contributed by atoms with Crippen LogP contribution in [-0.2, 0) is 0 Å². The first-order chi connectivity index (χ1) is 9.69. The lowest BCUT2D eigenvalue weighted by molar-refractivity contribution is 0.230. The van der Waals surface area contributed by atoms with Gasteiger partial charge in [0.05, 0.1) is 6.54 Å². The maximum absolute atomic E-state index is 5.82. The quantitative estimate of drug-likeness (QED) is 0.619. The number of benzene rings is 1. The van der Waals surface area contributed by atoms with Crippen molar-refractivity contribution in [1.29, 1.82) is 0 Å². The van der Waals surface area contributed by atoms with Crippen molar-refractivity contribution >= 4 is 5.96 Å². The molecule has 1 aliphatic carbocycles. The van der Waals surface area contributed by atoms with Crippen molar-refractivity contribution in [2.45, 2.75) is 39.3 Å². The van der Waals surface area contributed by atoms with E-state index in [1.54, 1.807) is 0 Å². The first-order valence-electron chi connectivity index (χ1n) is 7.45. The van der Waals surface area contributed by atoms with Crippen LogP contribution in [0, 0.1) is 5.92 Å². The molecule has 110 valence electrons. The third-order valence-corrected chi connectivity index (χ3v) is 3.36. The lowest BCUT2D eigenvalue weighted by Gasteiger charge is -2.15. The number of ether oxygens (including phenoxy) is 1. The number of rotatable bonds is 6. The molecule has 0 heterocycles. The molecule has 20 heavy (non-hydrogen) atoms. The van der Waals surface area contributed by atoms with Gasteiger partial charge in [-0.3, -0.25) is 0 Å². The molecule has 1 aliphatic rings. The minimum Gasteiger partial charge on any atom is -0.489 e. The highest BCUT2D eigenvalue weighted by molar-refractivity contribution is 5.80. The first-order valence-corrected chi connectivity index (χ1v) is 7.45. The molecule has 0 bridgehead atoms. The van der Waals surface area contributed by atoms with Crippen LogP contribution in [-0.4, -0.2) is 31.2 Å². The fraction of sp³-hybridized carbons (Fsp3) is 0.562. The second-order valence-electron chi connectivity index (χ2n) is 5.42. The maximum Gasteiger partial charge on any atom is 0.191 e. The molecule has 4 nitrogen and oxygen atoms in total. The summed E-state index contributed by atoms with van der Waals surface area (Å²) >= 11 is 0. The highest BCUT2D eigenvalue weighted by Gasteiger charge is 2.33. The second kappa shape index (κ2) is 7.17. The number of para-hydroxylation sites is 1.